The Bertz CT molecular complexity index is 817. The van der Waals surface area contributed by atoms with Crippen LogP contribution < -0.4 is 10.6 Å². The first-order chi connectivity index (χ1) is 11.9. The molecule has 1 aliphatic heterocycles. The van der Waals surface area contributed by atoms with E-state index in [9.17, 15) is 14.0 Å². The molecule has 1 aromatic heterocycles. The van der Waals surface area contributed by atoms with E-state index in [4.69, 9.17) is 0 Å². The summed E-state index contributed by atoms with van der Waals surface area (Å²) >= 11 is 0. The number of carbonyl (C=O) groups is 2. The van der Waals surface area contributed by atoms with Gasteiger partial charge in [0, 0.05) is 25.2 Å². The number of hydrogen-bond donors (Lipinski definition) is 2. The summed E-state index contributed by atoms with van der Waals surface area (Å²) in [6, 6.07) is 4.06. The van der Waals surface area contributed by atoms with E-state index in [2.05, 4.69) is 20.7 Å². The molecule has 0 spiro atoms. The number of rotatable bonds is 5. The standard InChI is InChI=1S/C17H20FN5O2/c1-10-20-11(2)23(22-10)7-3-6-19-17(25)14-9-16(24)21-15-5-4-12(18)8-13(14)15/h4-5,8,14H,3,6-7,9H2,1-2H3,(H,19,25)(H,21,24). The summed E-state index contributed by atoms with van der Waals surface area (Å²) in [5.74, 6) is -0.0636. The lowest BCUT2D eigenvalue weighted by Gasteiger charge is -2.24. The van der Waals surface area contributed by atoms with Crippen LogP contribution in [-0.2, 0) is 16.1 Å². The molecule has 2 aromatic rings. The molecule has 1 aromatic carbocycles. The van der Waals surface area contributed by atoms with E-state index in [1.165, 1.54) is 18.2 Å². The van der Waals surface area contributed by atoms with E-state index in [1.54, 1.807) is 4.68 Å². The predicted octanol–water partition coefficient (Wildman–Crippen LogP) is 1.67. The number of fused-ring (bicyclic) bond motifs is 1. The van der Waals surface area contributed by atoms with Gasteiger partial charge in [0.25, 0.3) is 0 Å². The zero-order valence-corrected chi connectivity index (χ0v) is 14.2. The van der Waals surface area contributed by atoms with Gasteiger partial charge >= 0.3 is 0 Å². The number of benzene rings is 1. The van der Waals surface area contributed by atoms with Gasteiger partial charge in [-0.1, -0.05) is 0 Å². The van der Waals surface area contributed by atoms with Crippen LogP contribution in [0.2, 0.25) is 0 Å². The van der Waals surface area contributed by atoms with Crippen LogP contribution in [-0.4, -0.2) is 33.1 Å². The number of aromatic nitrogens is 3. The second-order valence-electron chi connectivity index (χ2n) is 6.11. The molecule has 0 radical (unpaired) electrons. The highest BCUT2D eigenvalue weighted by Gasteiger charge is 2.30. The third-order valence-electron chi connectivity index (χ3n) is 4.18. The maximum absolute atomic E-state index is 13.5. The van der Waals surface area contributed by atoms with Gasteiger partial charge < -0.3 is 10.6 Å². The number of nitrogens with one attached hydrogen (secondary N) is 2. The van der Waals surface area contributed by atoms with E-state index >= 15 is 0 Å². The molecule has 0 saturated heterocycles. The van der Waals surface area contributed by atoms with Crippen molar-refractivity contribution in [3.63, 3.8) is 0 Å². The first-order valence-electron chi connectivity index (χ1n) is 8.19. The molecule has 0 fully saturated rings. The fourth-order valence-corrected chi connectivity index (χ4v) is 3.00. The number of hydrogen-bond acceptors (Lipinski definition) is 4. The van der Waals surface area contributed by atoms with Crippen molar-refractivity contribution in [2.24, 2.45) is 0 Å². The van der Waals surface area contributed by atoms with E-state index in [-0.39, 0.29) is 18.2 Å². The Morgan fingerprint density at radius 3 is 2.96 bits per heavy atom. The van der Waals surface area contributed by atoms with Crippen molar-refractivity contribution in [2.75, 3.05) is 11.9 Å². The third-order valence-corrected chi connectivity index (χ3v) is 4.18. The van der Waals surface area contributed by atoms with Crippen molar-refractivity contribution >= 4 is 17.5 Å². The third kappa shape index (κ3) is 3.84. The molecule has 2 heterocycles. The minimum Gasteiger partial charge on any atom is -0.355 e. The van der Waals surface area contributed by atoms with Crippen LogP contribution in [0.1, 0.15) is 36.0 Å². The Hall–Kier alpha value is -2.77. The van der Waals surface area contributed by atoms with E-state index in [0.717, 1.165) is 5.82 Å². The van der Waals surface area contributed by atoms with Crippen LogP contribution in [0.3, 0.4) is 0 Å². The molecule has 0 aliphatic carbocycles. The molecule has 1 atom stereocenters. The Morgan fingerprint density at radius 1 is 1.44 bits per heavy atom. The predicted molar refractivity (Wildman–Crippen MR) is 89.5 cm³/mol. The molecule has 0 bridgehead atoms. The highest BCUT2D eigenvalue weighted by molar-refractivity contribution is 6.01. The fraction of sp³-hybridized carbons (Fsp3) is 0.412. The molecule has 1 aliphatic rings. The largest absolute Gasteiger partial charge is 0.355 e. The lowest BCUT2D eigenvalue weighted by Crippen LogP contribution is -2.35. The molecule has 8 heteroatoms. The second-order valence-corrected chi connectivity index (χ2v) is 6.11. The molecule has 7 nitrogen and oxygen atoms in total. The molecule has 0 saturated carbocycles. The highest BCUT2D eigenvalue weighted by Crippen LogP contribution is 2.32. The Morgan fingerprint density at radius 2 is 2.24 bits per heavy atom. The lowest BCUT2D eigenvalue weighted by atomic mass is 9.89. The molecule has 25 heavy (non-hydrogen) atoms. The summed E-state index contributed by atoms with van der Waals surface area (Å²) in [4.78, 5) is 28.5. The van der Waals surface area contributed by atoms with Crippen LogP contribution in [0, 0.1) is 19.7 Å². The zero-order valence-electron chi connectivity index (χ0n) is 14.2. The Labute approximate surface area is 144 Å². The molecule has 2 N–H and O–H groups in total. The van der Waals surface area contributed by atoms with Crippen molar-refractivity contribution in [2.45, 2.75) is 39.2 Å². The smallest absolute Gasteiger partial charge is 0.228 e. The van der Waals surface area contributed by atoms with Crippen molar-refractivity contribution in [3.05, 3.63) is 41.2 Å². The van der Waals surface area contributed by atoms with Gasteiger partial charge in [-0.2, -0.15) is 5.10 Å². The van der Waals surface area contributed by atoms with Gasteiger partial charge in [0.2, 0.25) is 11.8 Å². The lowest BCUT2D eigenvalue weighted by molar-refractivity contribution is -0.126. The summed E-state index contributed by atoms with van der Waals surface area (Å²) in [6.07, 6.45) is 0.702. The van der Waals surface area contributed by atoms with Crippen molar-refractivity contribution < 1.29 is 14.0 Å². The Kier molecular flexibility index (Phi) is 4.78. The molecule has 132 valence electrons. The summed E-state index contributed by atoms with van der Waals surface area (Å²) < 4.78 is 15.3. The topological polar surface area (TPSA) is 88.9 Å². The van der Waals surface area contributed by atoms with Crippen LogP contribution >= 0.6 is 0 Å². The maximum atomic E-state index is 13.5. The van der Waals surface area contributed by atoms with Crippen LogP contribution in [0.5, 0.6) is 0 Å². The summed E-state index contributed by atoms with van der Waals surface area (Å²) in [7, 11) is 0. The molecule has 2 amide bonds. The van der Waals surface area contributed by atoms with Gasteiger partial charge in [-0.25, -0.2) is 9.37 Å². The number of aryl methyl sites for hydroxylation is 3. The first-order valence-corrected chi connectivity index (χ1v) is 8.19. The van der Waals surface area contributed by atoms with E-state index in [1.807, 2.05) is 13.8 Å². The summed E-state index contributed by atoms with van der Waals surface area (Å²) in [5, 5.41) is 9.76. The van der Waals surface area contributed by atoms with Crippen LogP contribution in [0.25, 0.3) is 0 Å². The SMILES string of the molecule is Cc1nc(C)n(CCCNC(=O)C2CC(=O)Nc3ccc(F)cc32)n1. The van der Waals surface area contributed by atoms with Gasteiger partial charge in [0.15, 0.2) is 0 Å². The van der Waals surface area contributed by atoms with Crippen molar-refractivity contribution in [1.82, 2.24) is 20.1 Å². The van der Waals surface area contributed by atoms with Gasteiger partial charge in [-0.05, 0) is 44.0 Å². The van der Waals surface area contributed by atoms with Gasteiger partial charge in [-0.3, -0.25) is 14.3 Å². The average Bonchev–Trinajstić information content (AvgIpc) is 2.88. The molecular weight excluding hydrogens is 325 g/mol. The molecule has 1 unspecified atom stereocenters. The van der Waals surface area contributed by atoms with E-state index in [0.29, 0.717) is 36.6 Å². The number of amides is 2. The monoisotopic (exact) mass is 345 g/mol. The summed E-state index contributed by atoms with van der Waals surface area (Å²) in [5.41, 5.74) is 1.01. The normalized spacial score (nSPS) is 16.3. The number of carbonyl (C=O) groups excluding carboxylic acids is 2. The van der Waals surface area contributed by atoms with E-state index < -0.39 is 11.7 Å². The quantitative estimate of drug-likeness (QED) is 0.807. The fourth-order valence-electron chi connectivity index (χ4n) is 3.00. The number of nitrogens with zero attached hydrogens (tertiary/aromatic N) is 3. The van der Waals surface area contributed by atoms with Gasteiger partial charge in [-0.15, -0.1) is 0 Å². The molecule has 3 rings (SSSR count). The maximum Gasteiger partial charge on any atom is 0.228 e. The minimum absolute atomic E-state index is 0.0175. The number of anilines is 1. The van der Waals surface area contributed by atoms with Crippen molar-refractivity contribution in [1.29, 1.82) is 0 Å². The first kappa shape index (κ1) is 17.1. The minimum atomic E-state index is -0.671. The Balaban J connectivity index is 1.59. The van der Waals surface area contributed by atoms with Gasteiger partial charge in [0.05, 0.1) is 5.92 Å². The molecular formula is C17H20FN5O2. The van der Waals surface area contributed by atoms with Crippen LogP contribution in [0.15, 0.2) is 18.2 Å². The number of halogens is 1. The van der Waals surface area contributed by atoms with Crippen LogP contribution in [0.4, 0.5) is 10.1 Å². The zero-order chi connectivity index (χ0) is 18.0. The second kappa shape index (κ2) is 7.00. The average molecular weight is 345 g/mol. The van der Waals surface area contributed by atoms with Crippen molar-refractivity contribution in [3.8, 4) is 0 Å². The van der Waals surface area contributed by atoms with Gasteiger partial charge in [0.1, 0.15) is 17.5 Å². The summed E-state index contributed by atoms with van der Waals surface area (Å²) in [6.45, 7) is 4.80. The highest BCUT2D eigenvalue weighted by atomic mass is 19.1.